The predicted octanol–water partition coefficient (Wildman–Crippen LogP) is 1.94. The fraction of sp³-hybridized carbons (Fsp3) is 0.250. The Morgan fingerprint density at radius 1 is 1.28 bits per heavy atom. The predicted molar refractivity (Wildman–Crippen MR) is 74.4 cm³/mol. The lowest BCUT2D eigenvalue weighted by Gasteiger charge is -2.08. The normalized spacial score (nSPS) is 10.3. The van der Waals surface area contributed by atoms with Crippen LogP contribution in [-0.2, 0) is 4.79 Å². The minimum Gasteiger partial charge on any atom is -0.369 e. The van der Waals surface area contributed by atoms with Crippen molar-refractivity contribution in [3.8, 4) is 0 Å². The van der Waals surface area contributed by atoms with E-state index in [2.05, 4.69) is 36.5 Å². The van der Waals surface area contributed by atoms with Crippen molar-refractivity contribution in [3.63, 3.8) is 0 Å². The van der Waals surface area contributed by atoms with Crippen LogP contribution in [0, 0.1) is 0 Å². The second kappa shape index (κ2) is 6.30. The molecule has 1 heterocycles. The number of benzene rings is 1. The Labute approximate surface area is 113 Å². The minimum absolute atomic E-state index is 0.656. The molecule has 0 fully saturated rings. The summed E-state index contributed by atoms with van der Waals surface area (Å²) < 4.78 is 0.996. The van der Waals surface area contributed by atoms with Gasteiger partial charge in [-0.3, -0.25) is 4.79 Å². The monoisotopic (exact) mass is 308 g/mol. The molecule has 5 nitrogen and oxygen atoms in total. The first-order chi connectivity index (χ1) is 8.81. The molecular formula is C12H13BrN4O. The number of nitrogens with zero attached hydrogens (tertiary/aromatic N) is 2. The van der Waals surface area contributed by atoms with Crippen molar-refractivity contribution in [2.45, 2.75) is 6.42 Å². The van der Waals surface area contributed by atoms with Gasteiger partial charge in [-0.25, -0.2) is 9.97 Å². The number of anilines is 1. The van der Waals surface area contributed by atoms with Gasteiger partial charge in [0.2, 0.25) is 6.41 Å². The van der Waals surface area contributed by atoms with Crippen LogP contribution < -0.4 is 10.6 Å². The zero-order chi connectivity index (χ0) is 12.8. The molecule has 0 saturated carbocycles. The Morgan fingerprint density at radius 2 is 2.17 bits per heavy atom. The molecule has 0 atom stereocenters. The van der Waals surface area contributed by atoms with Crippen LogP contribution >= 0.6 is 15.9 Å². The summed E-state index contributed by atoms with van der Waals surface area (Å²) in [7, 11) is 0. The smallest absolute Gasteiger partial charge is 0.207 e. The number of hydrogen-bond donors (Lipinski definition) is 2. The van der Waals surface area contributed by atoms with Crippen LogP contribution in [0.15, 0.2) is 29.0 Å². The molecule has 0 radical (unpaired) electrons. The van der Waals surface area contributed by atoms with E-state index in [4.69, 9.17) is 0 Å². The number of nitrogens with one attached hydrogen (secondary N) is 2. The van der Waals surface area contributed by atoms with Gasteiger partial charge < -0.3 is 10.6 Å². The van der Waals surface area contributed by atoms with Crippen molar-refractivity contribution < 1.29 is 4.79 Å². The van der Waals surface area contributed by atoms with E-state index in [1.54, 1.807) is 6.33 Å². The second-order valence-electron chi connectivity index (χ2n) is 3.74. The van der Waals surface area contributed by atoms with Crippen LogP contribution in [0.3, 0.4) is 0 Å². The first-order valence-corrected chi connectivity index (χ1v) is 6.42. The maximum Gasteiger partial charge on any atom is 0.207 e. The number of fused-ring (bicyclic) bond motifs is 1. The number of amides is 1. The van der Waals surface area contributed by atoms with Crippen molar-refractivity contribution in [1.82, 2.24) is 15.3 Å². The molecule has 2 aromatic rings. The summed E-state index contributed by atoms with van der Waals surface area (Å²) in [5.74, 6) is 0.812. The van der Waals surface area contributed by atoms with Gasteiger partial charge in [-0.2, -0.15) is 0 Å². The molecule has 94 valence electrons. The van der Waals surface area contributed by atoms with Crippen LogP contribution in [0.1, 0.15) is 6.42 Å². The lowest BCUT2D eigenvalue weighted by molar-refractivity contribution is -0.109. The van der Waals surface area contributed by atoms with Gasteiger partial charge in [-0.15, -0.1) is 0 Å². The summed E-state index contributed by atoms with van der Waals surface area (Å²) in [5.41, 5.74) is 0.904. The highest BCUT2D eigenvalue weighted by Crippen LogP contribution is 2.23. The molecule has 0 aliphatic carbocycles. The van der Waals surface area contributed by atoms with Gasteiger partial charge in [0, 0.05) is 22.9 Å². The largest absolute Gasteiger partial charge is 0.369 e. The van der Waals surface area contributed by atoms with Gasteiger partial charge in [-0.1, -0.05) is 15.9 Å². The maximum absolute atomic E-state index is 10.1. The molecule has 1 amide bonds. The van der Waals surface area contributed by atoms with E-state index in [0.29, 0.717) is 13.0 Å². The highest BCUT2D eigenvalue weighted by atomic mass is 79.9. The van der Waals surface area contributed by atoms with E-state index >= 15 is 0 Å². The summed E-state index contributed by atoms with van der Waals surface area (Å²) >= 11 is 3.44. The molecule has 0 aliphatic heterocycles. The topological polar surface area (TPSA) is 66.9 Å². The Kier molecular flexibility index (Phi) is 4.46. The zero-order valence-electron chi connectivity index (χ0n) is 9.69. The number of carbonyl (C=O) groups excluding carboxylic acids is 1. The summed E-state index contributed by atoms with van der Waals surface area (Å²) in [6, 6.07) is 5.88. The number of carbonyl (C=O) groups is 1. The van der Waals surface area contributed by atoms with Crippen molar-refractivity contribution in [3.05, 3.63) is 29.0 Å². The molecule has 6 heteroatoms. The van der Waals surface area contributed by atoms with E-state index in [-0.39, 0.29) is 0 Å². The average molecular weight is 309 g/mol. The Hall–Kier alpha value is -1.69. The minimum atomic E-state index is 0.656. The molecule has 2 N–H and O–H groups in total. The molecule has 1 aromatic heterocycles. The molecule has 0 bridgehead atoms. The average Bonchev–Trinajstić information content (AvgIpc) is 2.39. The van der Waals surface area contributed by atoms with Crippen LogP contribution in [0.25, 0.3) is 10.9 Å². The first-order valence-electron chi connectivity index (χ1n) is 5.62. The zero-order valence-corrected chi connectivity index (χ0v) is 11.3. The SMILES string of the molecule is O=CNCCCNc1ncnc2ccc(Br)cc12. The van der Waals surface area contributed by atoms with Crippen LogP contribution in [0.5, 0.6) is 0 Å². The Bertz CT molecular complexity index is 547. The molecule has 0 spiro atoms. The van der Waals surface area contributed by atoms with E-state index < -0.39 is 0 Å². The lowest BCUT2D eigenvalue weighted by Crippen LogP contribution is -2.16. The van der Waals surface area contributed by atoms with Crippen LogP contribution in [0.2, 0.25) is 0 Å². The van der Waals surface area contributed by atoms with E-state index in [9.17, 15) is 4.79 Å². The van der Waals surface area contributed by atoms with Crippen LogP contribution in [0.4, 0.5) is 5.82 Å². The second-order valence-corrected chi connectivity index (χ2v) is 4.65. The fourth-order valence-electron chi connectivity index (χ4n) is 1.63. The molecule has 0 aliphatic rings. The van der Waals surface area contributed by atoms with E-state index in [1.807, 2.05) is 18.2 Å². The molecule has 1 aromatic carbocycles. The van der Waals surface area contributed by atoms with E-state index in [1.165, 1.54) is 0 Å². The molecule has 18 heavy (non-hydrogen) atoms. The standard InChI is InChI=1S/C12H13BrN4O/c13-9-2-3-11-10(6-9)12(17-7-16-11)15-5-1-4-14-8-18/h2-3,6-8H,1,4-5H2,(H,14,18)(H,15,16,17). The highest BCUT2D eigenvalue weighted by Gasteiger charge is 2.03. The number of halogens is 1. The van der Waals surface area contributed by atoms with Crippen molar-refractivity contribution >= 4 is 39.1 Å². The summed E-state index contributed by atoms with van der Waals surface area (Å²) in [6.45, 7) is 1.41. The molecule has 2 rings (SSSR count). The van der Waals surface area contributed by atoms with Gasteiger partial charge in [-0.05, 0) is 24.6 Å². The third-order valence-electron chi connectivity index (χ3n) is 2.47. The maximum atomic E-state index is 10.1. The van der Waals surface area contributed by atoms with Crippen LogP contribution in [-0.4, -0.2) is 29.5 Å². The van der Waals surface area contributed by atoms with Gasteiger partial charge >= 0.3 is 0 Å². The quantitative estimate of drug-likeness (QED) is 0.632. The summed E-state index contributed by atoms with van der Waals surface area (Å²) in [5, 5.41) is 6.85. The van der Waals surface area contributed by atoms with Gasteiger partial charge in [0.05, 0.1) is 5.52 Å². The Morgan fingerprint density at radius 3 is 3.00 bits per heavy atom. The third-order valence-corrected chi connectivity index (χ3v) is 2.96. The van der Waals surface area contributed by atoms with Crippen molar-refractivity contribution in [2.75, 3.05) is 18.4 Å². The summed E-state index contributed by atoms with van der Waals surface area (Å²) in [6.07, 6.45) is 3.09. The van der Waals surface area contributed by atoms with E-state index in [0.717, 1.165) is 34.2 Å². The number of aromatic nitrogens is 2. The molecule has 0 unspecified atom stereocenters. The van der Waals surface area contributed by atoms with Gasteiger partial charge in [0.1, 0.15) is 12.1 Å². The molecular weight excluding hydrogens is 296 g/mol. The van der Waals surface area contributed by atoms with Crippen molar-refractivity contribution in [1.29, 1.82) is 0 Å². The number of hydrogen-bond acceptors (Lipinski definition) is 4. The number of rotatable bonds is 6. The van der Waals surface area contributed by atoms with Gasteiger partial charge in [0.15, 0.2) is 0 Å². The molecule has 0 saturated heterocycles. The van der Waals surface area contributed by atoms with Crippen molar-refractivity contribution in [2.24, 2.45) is 0 Å². The summed E-state index contributed by atoms with van der Waals surface area (Å²) in [4.78, 5) is 18.5. The van der Waals surface area contributed by atoms with Gasteiger partial charge in [0.25, 0.3) is 0 Å². The Balaban J connectivity index is 2.08. The fourth-order valence-corrected chi connectivity index (χ4v) is 1.99. The first kappa shape index (κ1) is 12.8. The lowest BCUT2D eigenvalue weighted by atomic mass is 10.2. The highest BCUT2D eigenvalue weighted by molar-refractivity contribution is 9.10. The third kappa shape index (κ3) is 3.16.